The monoisotopic (exact) mass is 336 g/mol. The van der Waals surface area contributed by atoms with E-state index in [0.29, 0.717) is 0 Å². The molecule has 0 fully saturated rings. The Hall–Kier alpha value is -2.13. The van der Waals surface area contributed by atoms with Gasteiger partial charge in [0.2, 0.25) is 0 Å². The van der Waals surface area contributed by atoms with E-state index in [1.807, 2.05) is 6.21 Å². The van der Waals surface area contributed by atoms with Crippen molar-refractivity contribution in [3.8, 4) is 0 Å². The van der Waals surface area contributed by atoms with Crippen LogP contribution in [0.4, 0.5) is 5.69 Å². The van der Waals surface area contributed by atoms with Crippen molar-refractivity contribution in [1.82, 2.24) is 0 Å². The Morgan fingerprint density at radius 1 is 0.840 bits per heavy atom. The summed E-state index contributed by atoms with van der Waals surface area (Å²) in [6, 6.07) is 17.2. The molecule has 1 heterocycles. The number of aryl methyl sites for hydroxylation is 2. The van der Waals surface area contributed by atoms with Crippen LogP contribution in [0.2, 0.25) is 0 Å². The minimum atomic E-state index is -0.111. The van der Waals surface area contributed by atoms with Crippen molar-refractivity contribution in [1.29, 1.82) is 0 Å². The van der Waals surface area contributed by atoms with Gasteiger partial charge >= 0.3 is 0 Å². The molecule has 1 aliphatic rings. The minimum Gasteiger partial charge on any atom is -0.238 e. The second-order valence-electron chi connectivity index (χ2n) is 6.68. The summed E-state index contributed by atoms with van der Waals surface area (Å²) in [5.41, 5.74) is 4.87. The fourth-order valence-corrected chi connectivity index (χ4v) is 2.98. The molecular formula is C22H28N2O. The van der Waals surface area contributed by atoms with E-state index in [-0.39, 0.29) is 6.10 Å². The molecule has 0 radical (unpaired) electrons. The number of anilines is 1. The van der Waals surface area contributed by atoms with Crippen LogP contribution in [0.3, 0.4) is 0 Å². The summed E-state index contributed by atoms with van der Waals surface area (Å²) in [6.45, 7) is 4.44. The second-order valence-corrected chi connectivity index (χ2v) is 6.68. The maximum atomic E-state index is 5.99. The van der Waals surface area contributed by atoms with Crippen LogP contribution < -0.4 is 5.17 Å². The summed E-state index contributed by atoms with van der Waals surface area (Å²) in [7, 11) is 0. The molecule has 132 valence electrons. The van der Waals surface area contributed by atoms with Gasteiger partial charge in [-0.1, -0.05) is 63.1 Å². The molecule has 3 nitrogen and oxygen atoms in total. The highest BCUT2D eigenvalue weighted by molar-refractivity contribution is 5.70. The van der Waals surface area contributed by atoms with E-state index in [4.69, 9.17) is 4.84 Å². The standard InChI is InChI=1S/C22H28N2O/c1-3-5-7-18-9-13-20(14-10-18)22-17-23-24(25-22)21-15-11-19(12-16-21)8-6-4-2/h9-17,22H,3-8H2,1-2H3. The molecular weight excluding hydrogens is 308 g/mol. The number of hydrazone groups is 1. The lowest BCUT2D eigenvalue weighted by atomic mass is 10.0. The topological polar surface area (TPSA) is 24.8 Å². The molecule has 0 amide bonds. The van der Waals surface area contributed by atoms with Gasteiger partial charge in [-0.15, -0.1) is 5.17 Å². The first-order valence-electron chi connectivity index (χ1n) is 9.49. The number of rotatable bonds is 8. The van der Waals surface area contributed by atoms with Gasteiger partial charge in [-0.2, -0.15) is 5.10 Å². The molecule has 0 saturated heterocycles. The Balaban J connectivity index is 1.59. The van der Waals surface area contributed by atoms with Crippen LogP contribution in [-0.2, 0) is 17.7 Å². The third kappa shape index (κ3) is 4.70. The van der Waals surface area contributed by atoms with Crippen molar-refractivity contribution in [2.45, 2.75) is 58.5 Å². The fourth-order valence-electron chi connectivity index (χ4n) is 2.98. The molecule has 0 spiro atoms. The average Bonchev–Trinajstić information content (AvgIpc) is 3.15. The lowest BCUT2D eigenvalue weighted by Crippen LogP contribution is -2.13. The van der Waals surface area contributed by atoms with E-state index in [1.165, 1.54) is 36.8 Å². The first kappa shape index (κ1) is 17.7. The Kier molecular flexibility index (Phi) is 6.24. The van der Waals surface area contributed by atoms with Gasteiger partial charge in [0, 0.05) is 0 Å². The van der Waals surface area contributed by atoms with Gasteiger partial charge < -0.3 is 0 Å². The predicted molar refractivity (Wildman–Crippen MR) is 105 cm³/mol. The maximum absolute atomic E-state index is 5.99. The zero-order chi connectivity index (χ0) is 17.5. The van der Waals surface area contributed by atoms with Crippen molar-refractivity contribution >= 4 is 11.9 Å². The van der Waals surface area contributed by atoms with Crippen LogP contribution in [0.1, 0.15) is 62.3 Å². The van der Waals surface area contributed by atoms with Crippen LogP contribution in [0, 0.1) is 0 Å². The quantitative estimate of drug-likeness (QED) is 0.604. The van der Waals surface area contributed by atoms with Crippen molar-refractivity contribution in [2.75, 3.05) is 5.17 Å². The summed E-state index contributed by atoms with van der Waals surface area (Å²) >= 11 is 0. The van der Waals surface area contributed by atoms with E-state index >= 15 is 0 Å². The smallest absolute Gasteiger partial charge is 0.150 e. The number of unbranched alkanes of at least 4 members (excludes halogenated alkanes) is 2. The molecule has 2 aromatic carbocycles. The van der Waals surface area contributed by atoms with Gasteiger partial charge in [-0.25, -0.2) is 4.84 Å². The van der Waals surface area contributed by atoms with Gasteiger partial charge in [0.05, 0.1) is 11.9 Å². The van der Waals surface area contributed by atoms with Gasteiger partial charge in [0.15, 0.2) is 0 Å². The van der Waals surface area contributed by atoms with Crippen molar-refractivity contribution < 1.29 is 4.84 Å². The predicted octanol–water partition coefficient (Wildman–Crippen LogP) is 5.85. The summed E-state index contributed by atoms with van der Waals surface area (Å²) in [5.74, 6) is 0. The molecule has 0 saturated carbocycles. The molecule has 25 heavy (non-hydrogen) atoms. The Bertz CT molecular complexity index is 617. The molecule has 1 aliphatic heterocycles. The van der Waals surface area contributed by atoms with Crippen LogP contribution >= 0.6 is 0 Å². The lowest BCUT2D eigenvalue weighted by molar-refractivity contribution is 0.0985. The Labute approximate surface area is 151 Å². The molecule has 1 atom stereocenters. The normalized spacial score (nSPS) is 16.6. The van der Waals surface area contributed by atoms with E-state index in [0.717, 1.165) is 24.1 Å². The van der Waals surface area contributed by atoms with E-state index in [9.17, 15) is 0 Å². The largest absolute Gasteiger partial charge is 0.238 e. The second kappa shape index (κ2) is 8.82. The van der Waals surface area contributed by atoms with Crippen molar-refractivity contribution in [2.24, 2.45) is 5.10 Å². The third-order valence-corrected chi connectivity index (χ3v) is 4.62. The summed E-state index contributed by atoms with van der Waals surface area (Å²) < 4.78 is 0. The molecule has 0 N–H and O–H groups in total. The van der Waals surface area contributed by atoms with Crippen LogP contribution in [0.15, 0.2) is 53.6 Å². The van der Waals surface area contributed by atoms with Gasteiger partial charge in [0.25, 0.3) is 0 Å². The number of hydrogen-bond acceptors (Lipinski definition) is 3. The highest BCUT2D eigenvalue weighted by Crippen LogP contribution is 2.27. The lowest BCUT2D eigenvalue weighted by Gasteiger charge is -2.16. The fraction of sp³-hybridized carbons (Fsp3) is 0.409. The first-order chi connectivity index (χ1) is 12.3. The number of hydrogen-bond donors (Lipinski definition) is 0. The van der Waals surface area contributed by atoms with Crippen molar-refractivity contribution in [3.63, 3.8) is 0 Å². The third-order valence-electron chi connectivity index (χ3n) is 4.62. The zero-order valence-electron chi connectivity index (χ0n) is 15.3. The van der Waals surface area contributed by atoms with Gasteiger partial charge in [-0.3, -0.25) is 0 Å². The minimum absolute atomic E-state index is 0.111. The average molecular weight is 336 g/mol. The summed E-state index contributed by atoms with van der Waals surface area (Å²) in [4.78, 5) is 5.99. The molecule has 3 heteroatoms. The zero-order valence-corrected chi connectivity index (χ0v) is 15.3. The Morgan fingerprint density at radius 3 is 1.96 bits per heavy atom. The van der Waals surface area contributed by atoms with E-state index < -0.39 is 0 Å². The maximum Gasteiger partial charge on any atom is 0.150 e. The summed E-state index contributed by atoms with van der Waals surface area (Å²) in [6.07, 6.45) is 8.95. The van der Waals surface area contributed by atoms with E-state index in [1.54, 1.807) is 5.17 Å². The van der Waals surface area contributed by atoms with Crippen molar-refractivity contribution in [3.05, 3.63) is 65.2 Å². The van der Waals surface area contributed by atoms with E-state index in [2.05, 4.69) is 67.5 Å². The van der Waals surface area contributed by atoms with Gasteiger partial charge in [0.1, 0.15) is 6.10 Å². The molecule has 0 aromatic heterocycles. The number of benzene rings is 2. The van der Waals surface area contributed by atoms with Crippen LogP contribution in [-0.4, -0.2) is 6.21 Å². The SMILES string of the molecule is CCCCc1ccc(C2C=NN(c3ccc(CCCC)cc3)O2)cc1. The highest BCUT2D eigenvalue weighted by Gasteiger charge is 2.21. The number of nitrogens with zero attached hydrogens (tertiary/aromatic N) is 2. The first-order valence-corrected chi connectivity index (χ1v) is 9.49. The molecule has 0 bridgehead atoms. The molecule has 3 rings (SSSR count). The van der Waals surface area contributed by atoms with Crippen LogP contribution in [0.5, 0.6) is 0 Å². The molecule has 0 aliphatic carbocycles. The van der Waals surface area contributed by atoms with Gasteiger partial charge in [-0.05, 0) is 54.5 Å². The molecule has 2 aromatic rings. The highest BCUT2D eigenvalue weighted by atomic mass is 16.7. The molecule has 1 unspecified atom stereocenters. The van der Waals surface area contributed by atoms with Crippen LogP contribution in [0.25, 0.3) is 0 Å². The Morgan fingerprint density at radius 2 is 1.40 bits per heavy atom. The summed E-state index contributed by atoms with van der Waals surface area (Å²) in [5, 5.41) is 6.04.